The highest BCUT2D eigenvalue weighted by molar-refractivity contribution is 7.91. The second kappa shape index (κ2) is 10.4. The maximum atomic E-state index is 12.5. The molecule has 1 aromatic carbocycles. The minimum absolute atomic E-state index is 0.0871. The van der Waals surface area contributed by atoms with Crippen LogP contribution in [0.5, 0.6) is 0 Å². The van der Waals surface area contributed by atoms with Crippen LogP contribution in [0.4, 0.5) is 14.5 Å². The Kier molecular flexibility index (Phi) is 8.90. The van der Waals surface area contributed by atoms with Gasteiger partial charge in [-0.25, -0.2) is 8.42 Å². The predicted octanol–water partition coefficient (Wildman–Crippen LogP) is 1.22. The number of hydrogen-bond acceptors (Lipinski definition) is 6. The third kappa shape index (κ3) is 7.02. The molecule has 0 radical (unpaired) electrons. The van der Waals surface area contributed by atoms with E-state index in [1.807, 2.05) is 4.90 Å². The van der Waals surface area contributed by atoms with Gasteiger partial charge in [-0.15, -0.1) is 0 Å². The molecule has 1 aromatic rings. The summed E-state index contributed by atoms with van der Waals surface area (Å²) in [6.45, 7) is 2.08. The van der Waals surface area contributed by atoms with Crippen LogP contribution in [0.25, 0.3) is 0 Å². The molecule has 0 saturated carbocycles. The van der Waals surface area contributed by atoms with Crippen LogP contribution in [0.15, 0.2) is 29.2 Å². The maximum Gasteiger partial charge on any atom is 0.341 e. The molecule has 0 aromatic heterocycles. The second-order valence-electron chi connectivity index (χ2n) is 5.14. The average molecular weight is 380 g/mol. The average Bonchev–Trinajstić information content (AvgIpc) is 2.57. The lowest BCUT2D eigenvalue weighted by Gasteiger charge is -2.21. The molecule has 10 heteroatoms. The van der Waals surface area contributed by atoms with E-state index in [1.54, 1.807) is 14.2 Å². The van der Waals surface area contributed by atoms with Crippen LogP contribution in [0, 0.1) is 0 Å². The lowest BCUT2D eigenvalue weighted by atomic mass is 10.3. The van der Waals surface area contributed by atoms with Crippen molar-refractivity contribution in [1.29, 1.82) is 0 Å². The summed E-state index contributed by atoms with van der Waals surface area (Å²) in [6.07, 6.45) is 0. The lowest BCUT2D eigenvalue weighted by molar-refractivity contribution is -0.117. The number of nitrogens with zero attached hydrogens (tertiary/aromatic N) is 1. The number of alkyl halides is 2. The number of carbonyl (C=O) groups is 1. The molecule has 0 aliphatic carbocycles. The summed E-state index contributed by atoms with van der Waals surface area (Å²) >= 11 is 0. The summed E-state index contributed by atoms with van der Waals surface area (Å²) in [7, 11) is -1.53. The number of ether oxygens (including phenoxy) is 2. The number of hydrogen-bond donors (Lipinski definition) is 1. The van der Waals surface area contributed by atoms with Crippen molar-refractivity contribution < 1.29 is 31.5 Å². The molecule has 0 atom stereocenters. The van der Waals surface area contributed by atoms with Crippen LogP contribution in [-0.4, -0.2) is 72.0 Å². The molecule has 1 rings (SSSR count). The number of nitrogens with one attached hydrogen (secondary N) is 1. The Bertz CT molecular complexity index is 630. The highest BCUT2D eigenvalue weighted by atomic mass is 32.2. The maximum absolute atomic E-state index is 12.5. The monoisotopic (exact) mass is 380 g/mol. The molecule has 1 amide bonds. The molecule has 0 bridgehead atoms. The molecule has 1 N–H and O–H groups in total. The van der Waals surface area contributed by atoms with E-state index in [0.29, 0.717) is 32.0 Å². The smallest absolute Gasteiger partial charge is 0.341 e. The van der Waals surface area contributed by atoms with Gasteiger partial charge in [0.25, 0.3) is 0 Å². The van der Waals surface area contributed by atoms with Crippen molar-refractivity contribution in [3.8, 4) is 0 Å². The summed E-state index contributed by atoms with van der Waals surface area (Å²) in [5, 5.41) is 2.59. The second-order valence-corrected chi connectivity index (χ2v) is 7.06. The van der Waals surface area contributed by atoms with Crippen LogP contribution in [0.1, 0.15) is 0 Å². The molecule has 142 valence electrons. The summed E-state index contributed by atoms with van der Waals surface area (Å²) < 4.78 is 57.6. The number of amides is 1. The number of rotatable bonds is 11. The number of carbonyl (C=O) groups excluding carboxylic acids is 1. The Hall–Kier alpha value is -1.62. The van der Waals surface area contributed by atoms with Crippen molar-refractivity contribution in [3.05, 3.63) is 24.3 Å². The van der Waals surface area contributed by atoms with Gasteiger partial charge < -0.3 is 14.8 Å². The molecule has 0 aliphatic rings. The van der Waals surface area contributed by atoms with Crippen molar-refractivity contribution in [3.63, 3.8) is 0 Å². The Balaban J connectivity index is 2.66. The highest BCUT2D eigenvalue weighted by Gasteiger charge is 2.26. The summed E-state index contributed by atoms with van der Waals surface area (Å²) in [6, 6.07) is 4.60. The van der Waals surface area contributed by atoms with E-state index in [1.165, 1.54) is 12.1 Å². The number of methoxy groups -OCH3 is 2. The van der Waals surface area contributed by atoms with Gasteiger partial charge in [-0.2, -0.15) is 8.78 Å². The van der Waals surface area contributed by atoms with Gasteiger partial charge in [0, 0.05) is 33.0 Å². The van der Waals surface area contributed by atoms with E-state index in [2.05, 4.69) is 5.32 Å². The third-order valence-electron chi connectivity index (χ3n) is 3.29. The van der Waals surface area contributed by atoms with Gasteiger partial charge in [0.2, 0.25) is 15.7 Å². The number of benzene rings is 1. The fourth-order valence-electron chi connectivity index (χ4n) is 1.95. The van der Waals surface area contributed by atoms with Gasteiger partial charge in [0.05, 0.1) is 24.7 Å². The first-order chi connectivity index (χ1) is 11.8. The van der Waals surface area contributed by atoms with Gasteiger partial charge >= 0.3 is 5.76 Å². The van der Waals surface area contributed by atoms with Gasteiger partial charge in [0.1, 0.15) is 0 Å². The van der Waals surface area contributed by atoms with E-state index in [4.69, 9.17) is 9.47 Å². The first-order valence-corrected chi connectivity index (χ1v) is 8.98. The van der Waals surface area contributed by atoms with Crippen LogP contribution in [0.2, 0.25) is 0 Å². The molecule has 25 heavy (non-hydrogen) atoms. The van der Waals surface area contributed by atoms with E-state index in [0.717, 1.165) is 12.1 Å². The van der Waals surface area contributed by atoms with Crippen molar-refractivity contribution in [2.24, 2.45) is 0 Å². The largest absolute Gasteiger partial charge is 0.383 e. The standard InChI is InChI=1S/C15H22F2N2O5S/c1-23-9-7-19(8-10-24-2)11-14(20)18-12-3-5-13(6-4-12)25(21,22)15(16)17/h3-6,15H,7-11H2,1-2H3,(H,18,20). The van der Waals surface area contributed by atoms with Crippen LogP contribution >= 0.6 is 0 Å². The SMILES string of the molecule is COCCN(CCOC)CC(=O)Nc1ccc(S(=O)(=O)C(F)F)cc1. The van der Waals surface area contributed by atoms with Crippen molar-refractivity contribution >= 4 is 21.4 Å². The topological polar surface area (TPSA) is 84.9 Å². The van der Waals surface area contributed by atoms with Crippen molar-refractivity contribution in [2.75, 3.05) is 52.4 Å². The summed E-state index contributed by atoms with van der Waals surface area (Å²) in [5.74, 6) is -3.81. The van der Waals surface area contributed by atoms with E-state index in [9.17, 15) is 22.0 Å². The van der Waals surface area contributed by atoms with Crippen LogP contribution in [0.3, 0.4) is 0 Å². The minimum Gasteiger partial charge on any atom is -0.383 e. The molecule has 0 heterocycles. The van der Waals surface area contributed by atoms with Gasteiger partial charge in [-0.3, -0.25) is 9.69 Å². The molecular weight excluding hydrogens is 358 g/mol. The Morgan fingerprint density at radius 3 is 2.08 bits per heavy atom. The Morgan fingerprint density at radius 1 is 1.12 bits per heavy atom. The number of anilines is 1. The van der Waals surface area contributed by atoms with Crippen molar-refractivity contribution in [2.45, 2.75) is 10.7 Å². The van der Waals surface area contributed by atoms with Crippen LogP contribution in [-0.2, 0) is 24.1 Å². The first-order valence-electron chi connectivity index (χ1n) is 7.43. The van der Waals surface area contributed by atoms with Gasteiger partial charge in [-0.05, 0) is 24.3 Å². The molecule has 0 spiro atoms. The number of sulfone groups is 1. The summed E-state index contributed by atoms with van der Waals surface area (Å²) in [4.78, 5) is 13.4. The lowest BCUT2D eigenvalue weighted by Crippen LogP contribution is -2.37. The van der Waals surface area contributed by atoms with E-state index >= 15 is 0 Å². The molecule has 7 nitrogen and oxygen atoms in total. The molecule has 0 fully saturated rings. The molecular formula is C15H22F2N2O5S. The molecule has 0 unspecified atom stereocenters. The van der Waals surface area contributed by atoms with Crippen LogP contribution < -0.4 is 5.32 Å². The van der Waals surface area contributed by atoms with E-state index < -0.39 is 20.5 Å². The zero-order valence-electron chi connectivity index (χ0n) is 14.1. The Morgan fingerprint density at radius 2 is 1.64 bits per heavy atom. The normalized spacial score (nSPS) is 11.9. The predicted molar refractivity (Wildman–Crippen MR) is 88.5 cm³/mol. The fraction of sp³-hybridized carbons (Fsp3) is 0.533. The van der Waals surface area contributed by atoms with E-state index in [-0.39, 0.29) is 12.5 Å². The number of halogens is 2. The van der Waals surface area contributed by atoms with Gasteiger partial charge in [0.15, 0.2) is 0 Å². The first kappa shape index (κ1) is 21.4. The zero-order chi connectivity index (χ0) is 18.9. The van der Waals surface area contributed by atoms with Gasteiger partial charge in [-0.1, -0.05) is 0 Å². The Labute approximate surface area is 145 Å². The fourth-order valence-corrected chi connectivity index (χ4v) is 2.67. The molecule has 0 saturated heterocycles. The summed E-state index contributed by atoms with van der Waals surface area (Å²) in [5.41, 5.74) is 0.316. The third-order valence-corrected chi connectivity index (χ3v) is 4.69. The highest BCUT2D eigenvalue weighted by Crippen LogP contribution is 2.20. The molecule has 0 aliphatic heterocycles. The minimum atomic E-state index is -4.64. The van der Waals surface area contributed by atoms with Crippen molar-refractivity contribution in [1.82, 2.24) is 4.90 Å². The zero-order valence-corrected chi connectivity index (χ0v) is 14.9. The quantitative estimate of drug-likeness (QED) is 0.621.